The Balaban J connectivity index is 1.84. The minimum Gasteiger partial charge on any atom is -0.207 e. The fraction of sp³-hybridized carbons (Fsp3) is 0.351. The van der Waals surface area contributed by atoms with Crippen LogP contribution in [0.1, 0.15) is 37.0 Å². The monoisotopic (exact) mass is 719 g/mol. The predicted octanol–water partition coefficient (Wildman–Crippen LogP) is 4.42. The third-order valence-corrected chi connectivity index (χ3v) is 13.2. The van der Waals surface area contributed by atoms with Crippen LogP contribution in [0.5, 0.6) is 0 Å². The lowest BCUT2D eigenvalue weighted by atomic mass is 10.0. The molecule has 0 bridgehead atoms. The largest absolute Gasteiger partial charge is 0.245 e. The summed E-state index contributed by atoms with van der Waals surface area (Å²) in [4.78, 5) is 0.171. The number of aryl methyl sites for hydroxylation is 3. The second kappa shape index (κ2) is 16.2. The van der Waals surface area contributed by atoms with Crippen molar-refractivity contribution in [3.63, 3.8) is 0 Å². The summed E-state index contributed by atoms with van der Waals surface area (Å²) < 4.78 is 86.6. The molecule has 49 heavy (non-hydrogen) atoms. The van der Waals surface area contributed by atoms with E-state index in [-0.39, 0.29) is 53.3 Å². The number of hydrogen-bond donors (Lipinski definition) is 0. The van der Waals surface area contributed by atoms with Crippen LogP contribution in [0.3, 0.4) is 0 Å². The lowest BCUT2D eigenvalue weighted by Gasteiger charge is -2.27. The third-order valence-electron chi connectivity index (χ3n) is 7.76. The summed E-state index contributed by atoms with van der Waals surface area (Å²) in [7, 11) is -12.2. The lowest BCUT2D eigenvalue weighted by molar-refractivity contribution is 0.355. The van der Waals surface area contributed by atoms with Crippen LogP contribution in [-0.4, -0.2) is 76.9 Å². The number of nitrogens with zero attached hydrogens (tertiary/aromatic N) is 3. The summed E-state index contributed by atoms with van der Waals surface area (Å²) in [5.41, 5.74) is 2.67. The molecule has 1 aliphatic heterocycles. The number of rotatable bonds is 8. The molecule has 0 radical (unpaired) electrons. The molecule has 0 fully saturated rings. The van der Waals surface area contributed by atoms with Gasteiger partial charge in [0.25, 0.3) is 0 Å². The van der Waals surface area contributed by atoms with Crippen molar-refractivity contribution < 1.29 is 25.3 Å². The topological polar surface area (TPSA) is 112 Å². The Bertz CT molecular complexity index is 2150. The molecule has 1 unspecified atom stereocenters. The highest BCUT2D eigenvalue weighted by Crippen LogP contribution is 2.23. The van der Waals surface area contributed by atoms with Gasteiger partial charge in [0.1, 0.15) is 0 Å². The van der Waals surface area contributed by atoms with Crippen molar-refractivity contribution in [2.45, 2.75) is 61.8 Å². The van der Waals surface area contributed by atoms with Crippen LogP contribution in [-0.2, 0) is 30.1 Å². The first-order valence-corrected chi connectivity index (χ1v) is 20.1. The van der Waals surface area contributed by atoms with Crippen LogP contribution >= 0.6 is 0 Å². The predicted molar refractivity (Wildman–Crippen MR) is 192 cm³/mol. The van der Waals surface area contributed by atoms with E-state index in [1.807, 2.05) is 34.6 Å². The van der Waals surface area contributed by atoms with Gasteiger partial charge in [0.05, 0.1) is 53.5 Å². The quantitative estimate of drug-likeness (QED) is 0.319. The van der Waals surface area contributed by atoms with Crippen molar-refractivity contribution in [1.82, 2.24) is 12.9 Å². The highest BCUT2D eigenvalue weighted by Gasteiger charge is 2.31. The maximum absolute atomic E-state index is 14.1. The zero-order chi connectivity index (χ0) is 35.8. The van der Waals surface area contributed by atoms with Crippen LogP contribution in [0.15, 0.2) is 87.5 Å². The molecular formula is C37H41N3O6S3. The van der Waals surface area contributed by atoms with E-state index in [2.05, 4.69) is 35.5 Å². The molecular weight excluding hydrogens is 679 g/mol. The third kappa shape index (κ3) is 9.61. The Morgan fingerprint density at radius 2 is 0.857 bits per heavy atom. The van der Waals surface area contributed by atoms with Gasteiger partial charge in [-0.2, -0.15) is 12.9 Å². The van der Waals surface area contributed by atoms with Crippen LogP contribution in [0, 0.1) is 62.2 Å². The zero-order valence-corrected chi connectivity index (χ0v) is 30.8. The van der Waals surface area contributed by atoms with E-state index in [1.54, 1.807) is 36.4 Å². The fourth-order valence-corrected chi connectivity index (χ4v) is 8.84. The number of benzene rings is 3. The second-order valence-corrected chi connectivity index (χ2v) is 18.0. The molecule has 0 amide bonds. The van der Waals surface area contributed by atoms with Gasteiger partial charge in [0, 0.05) is 0 Å². The molecule has 0 saturated heterocycles. The summed E-state index contributed by atoms with van der Waals surface area (Å²) in [6, 6.07) is 18.4. The van der Waals surface area contributed by atoms with Crippen LogP contribution in [0.25, 0.3) is 0 Å². The van der Waals surface area contributed by atoms with Gasteiger partial charge in [0.2, 0.25) is 30.1 Å². The molecule has 1 atom stereocenters. The summed E-state index contributed by atoms with van der Waals surface area (Å²) in [6.45, 7) is 8.10. The number of sulfonamides is 3. The van der Waals surface area contributed by atoms with Gasteiger partial charge in [0.15, 0.2) is 0 Å². The Morgan fingerprint density at radius 1 is 0.531 bits per heavy atom. The molecule has 3 aromatic carbocycles. The minimum absolute atomic E-state index is 0.0264. The van der Waals surface area contributed by atoms with E-state index in [1.165, 1.54) is 40.7 Å². The molecule has 1 heterocycles. The highest BCUT2D eigenvalue weighted by molar-refractivity contribution is 7.89. The van der Waals surface area contributed by atoms with Gasteiger partial charge in [-0.05, 0) is 69.5 Å². The normalized spacial score (nSPS) is 17.4. The summed E-state index contributed by atoms with van der Waals surface area (Å²) in [5, 5.41) is 0. The van der Waals surface area contributed by atoms with Gasteiger partial charge in [-0.3, -0.25) is 0 Å². The molecule has 258 valence electrons. The molecule has 0 aliphatic carbocycles. The Hall–Kier alpha value is -3.93. The lowest BCUT2D eigenvalue weighted by Crippen LogP contribution is -2.41. The van der Waals surface area contributed by atoms with E-state index in [0.29, 0.717) is 6.42 Å². The summed E-state index contributed by atoms with van der Waals surface area (Å²) >= 11 is 0. The Labute approximate surface area is 292 Å². The average molecular weight is 720 g/mol. The van der Waals surface area contributed by atoms with Crippen molar-refractivity contribution in [3.8, 4) is 35.5 Å². The molecule has 12 heteroatoms. The molecule has 0 N–H and O–H groups in total. The Kier molecular flexibility index (Phi) is 12.5. The molecule has 1 aliphatic rings. The van der Waals surface area contributed by atoms with Gasteiger partial charge in [-0.25, -0.2) is 25.3 Å². The van der Waals surface area contributed by atoms with Crippen LogP contribution < -0.4 is 0 Å². The van der Waals surface area contributed by atoms with E-state index >= 15 is 0 Å². The van der Waals surface area contributed by atoms with E-state index in [9.17, 15) is 25.3 Å². The standard InChI is InChI=1S/C37H41N3O6S3/c1-30(2)29-34-11-10-27-39(48(43,44)36-20-14-32(4)15-21-36)25-7-6-24-38(47(41,42)35-18-12-31(3)13-19-35)26-8-9-28-40(34)49(45,46)37-22-16-33(5)17-23-37/h12-23,30,34H,24-29H2,1-5H3. The maximum Gasteiger partial charge on any atom is 0.245 e. The Morgan fingerprint density at radius 3 is 1.22 bits per heavy atom. The summed E-state index contributed by atoms with van der Waals surface area (Å²) in [6.07, 6.45) is 0.345. The van der Waals surface area contributed by atoms with Gasteiger partial charge < -0.3 is 0 Å². The van der Waals surface area contributed by atoms with Gasteiger partial charge >= 0.3 is 0 Å². The van der Waals surface area contributed by atoms with E-state index in [4.69, 9.17) is 0 Å². The molecule has 0 aromatic heterocycles. The van der Waals surface area contributed by atoms with Crippen molar-refractivity contribution in [2.75, 3.05) is 32.7 Å². The fourth-order valence-electron chi connectivity index (χ4n) is 4.89. The summed E-state index contributed by atoms with van der Waals surface area (Å²) in [5.74, 6) is 17.4. The van der Waals surface area contributed by atoms with Crippen molar-refractivity contribution in [1.29, 1.82) is 0 Å². The molecule has 4 rings (SSSR count). The second-order valence-electron chi connectivity index (χ2n) is 12.2. The number of hydrogen-bond acceptors (Lipinski definition) is 6. The smallest absolute Gasteiger partial charge is 0.207 e. The van der Waals surface area contributed by atoms with Crippen LogP contribution in [0.2, 0.25) is 0 Å². The van der Waals surface area contributed by atoms with Crippen molar-refractivity contribution >= 4 is 30.1 Å². The van der Waals surface area contributed by atoms with Crippen molar-refractivity contribution in [3.05, 3.63) is 89.5 Å². The van der Waals surface area contributed by atoms with Gasteiger partial charge in [-0.1, -0.05) is 102 Å². The molecule has 0 saturated carbocycles. The molecule has 9 nitrogen and oxygen atoms in total. The molecule has 0 spiro atoms. The first-order valence-electron chi connectivity index (χ1n) is 15.7. The zero-order valence-electron chi connectivity index (χ0n) is 28.3. The van der Waals surface area contributed by atoms with E-state index in [0.717, 1.165) is 25.3 Å². The maximum atomic E-state index is 14.1. The van der Waals surface area contributed by atoms with Crippen molar-refractivity contribution in [2.24, 2.45) is 5.92 Å². The minimum atomic E-state index is -4.12. The van der Waals surface area contributed by atoms with Gasteiger partial charge in [-0.15, -0.1) is 0 Å². The SMILES string of the molecule is Cc1ccc(S(=O)(=O)N2CC#CCN(S(=O)(=O)c3ccc(C)cc3)CC#CC(CC(C)C)N(S(=O)(=O)c3ccc(C)cc3)CC#CC2)cc1. The average Bonchev–Trinajstić information content (AvgIpc) is 3.05. The molecule has 3 aromatic rings. The first kappa shape index (κ1) is 37.9. The first-order chi connectivity index (χ1) is 23.1. The van der Waals surface area contributed by atoms with E-state index < -0.39 is 36.1 Å². The van der Waals surface area contributed by atoms with Crippen LogP contribution in [0.4, 0.5) is 0 Å². The highest BCUT2D eigenvalue weighted by atomic mass is 32.2.